The van der Waals surface area contributed by atoms with E-state index >= 15 is 0 Å². The molecular weight excluding hydrogens is 192 g/mol. The van der Waals surface area contributed by atoms with Gasteiger partial charge in [0.2, 0.25) is 5.91 Å². The smallest absolute Gasteiger partial charge is 0.254 e. The molecule has 0 aromatic heterocycles. The number of carbonyl (C=O) groups excluding carboxylic acids is 2. The van der Waals surface area contributed by atoms with E-state index in [-0.39, 0.29) is 11.8 Å². The Hall–Kier alpha value is -1.16. The van der Waals surface area contributed by atoms with Crippen LogP contribution in [0, 0.1) is 0 Å². The molecule has 0 aromatic carbocycles. The van der Waals surface area contributed by atoms with E-state index in [2.05, 4.69) is 10.2 Å². The van der Waals surface area contributed by atoms with Crippen molar-refractivity contribution in [1.82, 2.24) is 10.2 Å². The fourth-order valence-corrected chi connectivity index (χ4v) is 2.45. The summed E-state index contributed by atoms with van der Waals surface area (Å²) in [5.41, 5.74) is 1.92. The fourth-order valence-electron chi connectivity index (χ4n) is 2.45. The summed E-state index contributed by atoms with van der Waals surface area (Å²) < 4.78 is 0. The largest absolute Gasteiger partial charge is 0.296 e. The second-order valence-electron chi connectivity index (χ2n) is 4.59. The van der Waals surface area contributed by atoms with Crippen LogP contribution in [0.5, 0.6) is 0 Å². The summed E-state index contributed by atoms with van der Waals surface area (Å²) in [7, 11) is 0. The zero-order valence-electron chi connectivity index (χ0n) is 8.58. The molecular formula is C11H14N2O2. The summed E-state index contributed by atoms with van der Waals surface area (Å²) in [5.74, 6) is -0.306. The number of rotatable bonds is 1. The van der Waals surface area contributed by atoms with E-state index in [1.165, 1.54) is 18.4 Å². The van der Waals surface area contributed by atoms with Crippen molar-refractivity contribution < 1.29 is 9.59 Å². The van der Waals surface area contributed by atoms with Crippen LogP contribution < -0.4 is 5.32 Å². The van der Waals surface area contributed by atoms with Gasteiger partial charge in [-0.2, -0.15) is 0 Å². The predicted octanol–water partition coefficient (Wildman–Crippen LogP) is 0.198. The fraction of sp³-hybridized carbons (Fsp3) is 0.636. The maximum atomic E-state index is 11.5. The summed E-state index contributed by atoms with van der Waals surface area (Å²) >= 11 is 0. The summed E-state index contributed by atoms with van der Waals surface area (Å²) in [5, 5.41) is 2.35. The van der Waals surface area contributed by atoms with Gasteiger partial charge < -0.3 is 0 Å². The summed E-state index contributed by atoms with van der Waals surface area (Å²) in [4.78, 5) is 25.0. The highest BCUT2D eigenvalue weighted by atomic mass is 16.2. The van der Waals surface area contributed by atoms with E-state index in [1.54, 1.807) is 0 Å². The third kappa shape index (κ3) is 1.59. The number of hydrogen-bond acceptors (Lipinski definition) is 3. The molecule has 3 rings (SSSR count). The number of nitrogens with zero attached hydrogens (tertiary/aromatic N) is 1. The summed E-state index contributed by atoms with van der Waals surface area (Å²) in [6.07, 6.45) is 3.86. The molecule has 2 amide bonds. The maximum Gasteiger partial charge on any atom is 0.254 e. The van der Waals surface area contributed by atoms with Gasteiger partial charge in [0.05, 0.1) is 6.42 Å². The van der Waals surface area contributed by atoms with Crippen molar-refractivity contribution in [3.63, 3.8) is 0 Å². The minimum absolute atomic E-state index is 0.146. The van der Waals surface area contributed by atoms with Gasteiger partial charge in [-0.15, -0.1) is 0 Å². The lowest BCUT2D eigenvalue weighted by Crippen LogP contribution is -2.22. The van der Waals surface area contributed by atoms with Crippen molar-refractivity contribution >= 4 is 11.8 Å². The third-order valence-electron chi connectivity index (χ3n) is 3.45. The SMILES string of the molecule is O=C1CC(=C2CCN(C3CC3)C2)C(=O)N1. The highest BCUT2D eigenvalue weighted by molar-refractivity contribution is 6.13. The third-order valence-corrected chi connectivity index (χ3v) is 3.45. The number of likely N-dealkylation sites (tertiary alicyclic amines) is 1. The average Bonchev–Trinajstić information content (AvgIpc) is 2.83. The van der Waals surface area contributed by atoms with Gasteiger partial charge in [-0.25, -0.2) is 0 Å². The Morgan fingerprint density at radius 3 is 2.67 bits per heavy atom. The molecule has 0 radical (unpaired) electrons. The first-order chi connectivity index (χ1) is 7.24. The first-order valence-corrected chi connectivity index (χ1v) is 5.53. The highest BCUT2D eigenvalue weighted by Crippen LogP contribution is 2.33. The van der Waals surface area contributed by atoms with E-state index in [0.29, 0.717) is 6.42 Å². The van der Waals surface area contributed by atoms with Crippen molar-refractivity contribution in [2.24, 2.45) is 0 Å². The molecule has 0 aromatic rings. The number of carbonyl (C=O) groups is 2. The molecule has 0 atom stereocenters. The van der Waals surface area contributed by atoms with Crippen LogP contribution >= 0.6 is 0 Å². The van der Waals surface area contributed by atoms with Gasteiger partial charge in [-0.3, -0.25) is 19.8 Å². The van der Waals surface area contributed by atoms with Crippen molar-refractivity contribution in [1.29, 1.82) is 0 Å². The molecule has 4 heteroatoms. The van der Waals surface area contributed by atoms with Gasteiger partial charge in [0.15, 0.2) is 0 Å². The molecule has 1 aliphatic carbocycles. The Balaban J connectivity index is 1.79. The first-order valence-electron chi connectivity index (χ1n) is 5.53. The quantitative estimate of drug-likeness (QED) is 0.492. The Kier molecular flexibility index (Phi) is 1.92. The zero-order chi connectivity index (χ0) is 10.4. The lowest BCUT2D eigenvalue weighted by atomic mass is 10.1. The van der Waals surface area contributed by atoms with Gasteiger partial charge in [0.1, 0.15) is 0 Å². The van der Waals surface area contributed by atoms with Gasteiger partial charge in [-0.1, -0.05) is 0 Å². The Morgan fingerprint density at radius 2 is 2.07 bits per heavy atom. The first kappa shape index (κ1) is 9.09. The van der Waals surface area contributed by atoms with Crippen LogP contribution in [0.4, 0.5) is 0 Å². The average molecular weight is 206 g/mol. The van der Waals surface area contributed by atoms with Gasteiger partial charge in [0, 0.05) is 24.7 Å². The number of hydrogen-bond donors (Lipinski definition) is 1. The lowest BCUT2D eigenvalue weighted by Gasteiger charge is -2.11. The molecule has 3 fully saturated rings. The zero-order valence-corrected chi connectivity index (χ0v) is 8.58. The van der Waals surface area contributed by atoms with Crippen LogP contribution in [-0.2, 0) is 9.59 Å². The number of nitrogens with one attached hydrogen (secondary N) is 1. The van der Waals surface area contributed by atoms with Crippen LogP contribution in [0.1, 0.15) is 25.7 Å². The molecule has 1 N–H and O–H groups in total. The highest BCUT2D eigenvalue weighted by Gasteiger charge is 2.35. The molecule has 3 aliphatic rings. The van der Waals surface area contributed by atoms with Crippen molar-refractivity contribution in [2.45, 2.75) is 31.7 Å². The molecule has 0 spiro atoms. The molecule has 2 heterocycles. The Bertz CT molecular complexity index is 369. The molecule has 80 valence electrons. The molecule has 0 unspecified atom stereocenters. The Labute approximate surface area is 88.3 Å². The van der Waals surface area contributed by atoms with Gasteiger partial charge >= 0.3 is 0 Å². The van der Waals surface area contributed by atoms with Gasteiger partial charge in [-0.05, 0) is 24.8 Å². The number of amides is 2. The van der Waals surface area contributed by atoms with E-state index in [1.807, 2.05) is 0 Å². The molecule has 15 heavy (non-hydrogen) atoms. The number of imide groups is 1. The van der Waals surface area contributed by atoms with Crippen molar-refractivity contribution in [2.75, 3.05) is 13.1 Å². The predicted molar refractivity (Wildman–Crippen MR) is 54.0 cm³/mol. The topological polar surface area (TPSA) is 49.4 Å². The molecule has 2 saturated heterocycles. The monoisotopic (exact) mass is 206 g/mol. The summed E-state index contributed by atoms with van der Waals surface area (Å²) in [6.45, 7) is 1.96. The summed E-state index contributed by atoms with van der Waals surface area (Å²) in [6, 6.07) is 0.753. The Morgan fingerprint density at radius 1 is 1.27 bits per heavy atom. The van der Waals surface area contributed by atoms with Crippen molar-refractivity contribution in [3.05, 3.63) is 11.1 Å². The van der Waals surface area contributed by atoms with Crippen LogP contribution in [-0.4, -0.2) is 35.8 Å². The van der Waals surface area contributed by atoms with E-state index in [4.69, 9.17) is 0 Å². The van der Waals surface area contributed by atoms with E-state index in [9.17, 15) is 9.59 Å². The maximum absolute atomic E-state index is 11.5. The van der Waals surface area contributed by atoms with Crippen molar-refractivity contribution in [3.8, 4) is 0 Å². The second-order valence-corrected chi connectivity index (χ2v) is 4.59. The van der Waals surface area contributed by atoms with E-state index in [0.717, 1.165) is 31.1 Å². The molecule has 2 aliphatic heterocycles. The molecule has 1 saturated carbocycles. The minimum Gasteiger partial charge on any atom is -0.296 e. The normalized spacial score (nSPS) is 32.5. The van der Waals surface area contributed by atoms with Crippen LogP contribution in [0.25, 0.3) is 0 Å². The minimum atomic E-state index is -0.160. The van der Waals surface area contributed by atoms with Crippen LogP contribution in [0.15, 0.2) is 11.1 Å². The molecule has 4 nitrogen and oxygen atoms in total. The second kappa shape index (κ2) is 3.17. The standard InChI is InChI=1S/C11H14N2O2/c14-10-5-9(11(15)12-10)7-3-4-13(6-7)8-1-2-8/h8H,1-6H2,(H,12,14,15). The lowest BCUT2D eigenvalue weighted by molar-refractivity contribution is -0.124. The van der Waals surface area contributed by atoms with E-state index < -0.39 is 0 Å². The molecule has 0 bridgehead atoms. The van der Waals surface area contributed by atoms with Gasteiger partial charge in [0.25, 0.3) is 5.91 Å². The van der Waals surface area contributed by atoms with Crippen LogP contribution in [0.3, 0.4) is 0 Å². The van der Waals surface area contributed by atoms with Crippen LogP contribution in [0.2, 0.25) is 0 Å².